The monoisotopic (exact) mass is 429 g/mol. The number of carbonyl (C=O) groups is 2. The van der Waals surface area contributed by atoms with E-state index in [-0.39, 0.29) is 11.7 Å². The fourth-order valence-corrected chi connectivity index (χ4v) is 4.08. The highest BCUT2D eigenvalue weighted by Crippen LogP contribution is 2.27. The first-order chi connectivity index (χ1) is 15.5. The van der Waals surface area contributed by atoms with Crippen molar-refractivity contribution in [2.45, 2.75) is 6.92 Å². The molecule has 0 saturated carbocycles. The maximum absolute atomic E-state index is 13.1. The van der Waals surface area contributed by atoms with Gasteiger partial charge in [-0.25, -0.2) is 4.98 Å². The molecule has 0 bridgehead atoms. The van der Waals surface area contributed by atoms with E-state index in [9.17, 15) is 9.59 Å². The molecule has 0 N–H and O–H groups in total. The Balaban J connectivity index is 1.31. The molecule has 0 radical (unpaired) electrons. The number of nitrogens with zero attached hydrogens (tertiary/aromatic N) is 3. The highest BCUT2D eigenvalue weighted by molar-refractivity contribution is 5.98. The van der Waals surface area contributed by atoms with Crippen molar-refractivity contribution in [1.82, 2.24) is 9.88 Å². The molecule has 1 aliphatic rings. The van der Waals surface area contributed by atoms with Gasteiger partial charge in [-0.1, -0.05) is 0 Å². The lowest BCUT2D eigenvalue weighted by molar-refractivity contribution is 0.0716. The summed E-state index contributed by atoms with van der Waals surface area (Å²) < 4.78 is 11.1. The summed E-state index contributed by atoms with van der Waals surface area (Å²) >= 11 is 0. The summed E-state index contributed by atoms with van der Waals surface area (Å²) in [6, 6.07) is 17.0. The SMILES string of the molecule is COc1ccc2nc3oc(C(=O)N4CCN(c5ccc(C(C)=O)cc5)CC4)cc3cc2c1. The van der Waals surface area contributed by atoms with Gasteiger partial charge in [0.1, 0.15) is 5.75 Å². The van der Waals surface area contributed by atoms with Crippen LogP contribution in [0.2, 0.25) is 0 Å². The summed E-state index contributed by atoms with van der Waals surface area (Å²) in [6.07, 6.45) is 0. The van der Waals surface area contributed by atoms with E-state index in [1.54, 1.807) is 25.0 Å². The van der Waals surface area contributed by atoms with E-state index in [1.165, 1.54) is 0 Å². The van der Waals surface area contributed by atoms with E-state index in [4.69, 9.17) is 9.15 Å². The lowest BCUT2D eigenvalue weighted by Gasteiger charge is -2.35. The first-order valence-corrected chi connectivity index (χ1v) is 10.6. The summed E-state index contributed by atoms with van der Waals surface area (Å²) in [5.74, 6) is 0.983. The second-order valence-corrected chi connectivity index (χ2v) is 7.93. The van der Waals surface area contributed by atoms with Crippen molar-refractivity contribution in [3.63, 3.8) is 0 Å². The standard InChI is InChI=1S/C25H23N3O4/c1-16(29)17-3-5-20(6-4-17)27-9-11-28(12-10-27)25(30)23-15-19-13-18-14-21(31-2)7-8-22(18)26-24(19)32-23/h3-8,13-15H,9-12H2,1-2H3. The van der Waals surface area contributed by atoms with Crippen LogP contribution in [-0.2, 0) is 0 Å². The van der Waals surface area contributed by atoms with Crippen LogP contribution in [0.1, 0.15) is 27.8 Å². The van der Waals surface area contributed by atoms with Gasteiger partial charge < -0.3 is 19.0 Å². The van der Waals surface area contributed by atoms with Crippen LogP contribution in [0.5, 0.6) is 5.75 Å². The summed E-state index contributed by atoms with van der Waals surface area (Å²) in [6.45, 7) is 4.18. The molecule has 32 heavy (non-hydrogen) atoms. The Bertz CT molecular complexity index is 1320. The third-order valence-electron chi connectivity index (χ3n) is 5.92. The summed E-state index contributed by atoms with van der Waals surface area (Å²) in [4.78, 5) is 33.1. The van der Waals surface area contributed by atoms with E-state index < -0.39 is 0 Å². The molecule has 0 atom stereocenters. The number of aromatic nitrogens is 1. The highest BCUT2D eigenvalue weighted by atomic mass is 16.5. The molecule has 4 aromatic rings. The van der Waals surface area contributed by atoms with Crippen LogP contribution < -0.4 is 9.64 Å². The fraction of sp³-hybridized carbons (Fsp3) is 0.240. The Hall–Kier alpha value is -3.87. The zero-order chi connectivity index (χ0) is 22.2. The lowest BCUT2D eigenvalue weighted by atomic mass is 10.1. The second-order valence-electron chi connectivity index (χ2n) is 7.93. The largest absolute Gasteiger partial charge is 0.497 e. The van der Waals surface area contributed by atoms with E-state index in [0.717, 1.165) is 27.7 Å². The van der Waals surface area contributed by atoms with Crippen LogP contribution >= 0.6 is 0 Å². The summed E-state index contributed by atoms with van der Waals surface area (Å²) in [5, 5.41) is 1.72. The minimum atomic E-state index is -0.129. The Morgan fingerprint density at radius 1 is 0.938 bits per heavy atom. The number of benzene rings is 2. The zero-order valence-corrected chi connectivity index (χ0v) is 18.0. The van der Waals surface area contributed by atoms with Gasteiger partial charge in [-0.15, -0.1) is 0 Å². The highest BCUT2D eigenvalue weighted by Gasteiger charge is 2.25. The van der Waals surface area contributed by atoms with Crippen LogP contribution in [0.3, 0.4) is 0 Å². The smallest absolute Gasteiger partial charge is 0.289 e. The molecule has 0 unspecified atom stereocenters. The molecule has 1 amide bonds. The van der Waals surface area contributed by atoms with Crippen molar-refractivity contribution in [2.75, 3.05) is 38.2 Å². The van der Waals surface area contributed by atoms with Crippen LogP contribution in [0.15, 0.2) is 59.0 Å². The number of rotatable bonds is 4. The number of fused-ring (bicyclic) bond motifs is 2. The van der Waals surface area contributed by atoms with Gasteiger partial charge in [-0.2, -0.15) is 0 Å². The van der Waals surface area contributed by atoms with Gasteiger partial charge in [0, 0.05) is 48.2 Å². The maximum Gasteiger partial charge on any atom is 0.289 e. The van der Waals surface area contributed by atoms with Crippen molar-refractivity contribution in [3.8, 4) is 5.75 Å². The third kappa shape index (κ3) is 3.66. The number of piperazine rings is 1. The molecular formula is C25H23N3O4. The van der Waals surface area contributed by atoms with Gasteiger partial charge in [0.15, 0.2) is 11.5 Å². The van der Waals surface area contributed by atoms with E-state index in [1.807, 2.05) is 48.5 Å². The number of anilines is 1. The average Bonchev–Trinajstić information content (AvgIpc) is 3.24. The van der Waals surface area contributed by atoms with Gasteiger partial charge in [-0.05, 0) is 61.5 Å². The number of pyridine rings is 1. The molecule has 5 rings (SSSR count). The first kappa shape index (κ1) is 20.1. The van der Waals surface area contributed by atoms with Crippen molar-refractivity contribution in [1.29, 1.82) is 0 Å². The number of Topliss-reactive ketones (excluding diaryl/α,β-unsaturated/α-hetero) is 1. The number of hydrogen-bond acceptors (Lipinski definition) is 6. The molecule has 7 heteroatoms. The molecule has 7 nitrogen and oxygen atoms in total. The molecule has 1 fully saturated rings. The summed E-state index contributed by atoms with van der Waals surface area (Å²) in [5.41, 5.74) is 3.00. The Morgan fingerprint density at radius 2 is 1.69 bits per heavy atom. The van der Waals surface area contributed by atoms with Crippen molar-refractivity contribution < 1.29 is 18.7 Å². The van der Waals surface area contributed by atoms with E-state index in [0.29, 0.717) is 43.2 Å². The molecule has 2 aromatic carbocycles. The first-order valence-electron chi connectivity index (χ1n) is 10.6. The molecule has 2 aromatic heterocycles. The predicted molar refractivity (Wildman–Crippen MR) is 123 cm³/mol. The number of hydrogen-bond donors (Lipinski definition) is 0. The number of methoxy groups -OCH3 is 1. The Morgan fingerprint density at radius 3 is 2.38 bits per heavy atom. The topological polar surface area (TPSA) is 75.9 Å². The normalized spacial score (nSPS) is 14.2. The van der Waals surface area contributed by atoms with E-state index in [2.05, 4.69) is 9.88 Å². The number of amides is 1. The zero-order valence-electron chi connectivity index (χ0n) is 18.0. The van der Waals surface area contributed by atoms with Gasteiger partial charge >= 0.3 is 0 Å². The van der Waals surface area contributed by atoms with Gasteiger partial charge in [0.2, 0.25) is 5.71 Å². The average molecular weight is 429 g/mol. The quantitative estimate of drug-likeness (QED) is 0.454. The van der Waals surface area contributed by atoms with Crippen LogP contribution in [0, 0.1) is 0 Å². The fourth-order valence-electron chi connectivity index (χ4n) is 4.08. The van der Waals surface area contributed by atoms with Crippen LogP contribution in [-0.4, -0.2) is 54.9 Å². The van der Waals surface area contributed by atoms with Gasteiger partial charge in [-0.3, -0.25) is 9.59 Å². The van der Waals surface area contributed by atoms with Gasteiger partial charge in [0.05, 0.1) is 12.6 Å². The third-order valence-corrected chi connectivity index (χ3v) is 5.92. The number of ether oxygens (including phenoxy) is 1. The van der Waals surface area contributed by atoms with Crippen LogP contribution in [0.4, 0.5) is 5.69 Å². The maximum atomic E-state index is 13.1. The summed E-state index contributed by atoms with van der Waals surface area (Å²) in [7, 11) is 1.63. The van der Waals surface area contributed by atoms with E-state index >= 15 is 0 Å². The number of furan rings is 1. The molecule has 0 aliphatic carbocycles. The van der Waals surface area contributed by atoms with Crippen molar-refractivity contribution in [2.24, 2.45) is 0 Å². The molecule has 1 saturated heterocycles. The number of ketones is 1. The molecule has 0 spiro atoms. The molecule has 162 valence electrons. The Labute approximate surface area is 185 Å². The molecule has 3 heterocycles. The minimum absolute atomic E-state index is 0.0549. The minimum Gasteiger partial charge on any atom is -0.497 e. The lowest BCUT2D eigenvalue weighted by Crippen LogP contribution is -2.48. The van der Waals surface area contributed by atoms with Crippen molar-refractivity contribution in [3.05, 3.63) is 65.9 Å². The number of carbonyl (C=O) groups excluding carboxylic acids is 2. The molecular weight excluding hydrogens is 406 g/mol. The van der Waals surface area contributed by atoms with Crippen molar-refractivity contribution >= 4 is 39.4 Å². The Kier molecular flexibility index (Phi) is 5.01. The second kappa shape index (κ2) is 8.00. The van der Waals surface area contributed by atoms with Gasteiger partial charge in [0.25, 0.3) is 5.91 Å². The van der Waals surface area contributed by atoms with Crippen LogP contribution in [0.25, 0.3) is 22.0 Å². The predicted octanol–water partition coefficient (Wildman–Crippen LogP) is 4.15. The molecule has 1 aliphatic heterocycles.